The number of hydrogen-bond donors (Lipinski definition) is 0. The maximum absolute atomic E-state index is 12.6. The minimum absolute atomic E-state index is 0.102. The van der Waals surface area contributed by atoms with Crippen LogP contribution in [0.4, 0.5) is 0 Å². The summed E-state index contributed by atoms with van der Waals surface area (Å²) in [5.74, 6) is 2.32. The molecule has 5 atom stereocenters. The average molecular weight is 599 g/mol. The van der Waals surface area contributed by atoms with Gasteiger partial charge in [0, 0.05) is 0 Å². The molecule has 7 rings (SSSR count). The Morgan fingerprint density at radius 2 is 1.31 bits per heavy atom. The van der Waals surface area contributed by atoms with Crippen LogP contribution in [0.15, 0.2) is 109 Å². The quantitative estimate of drug-likeness (QED) is 0.126. The summed E-state index contributed by atoms with van der Waals surface area (Å²) in [4.78, 5) is 12.6. The van der Waals surface area contributed by atoms with Gasteiger partial charge in [0.2, 0.25) is 0 Å². The average Bonchev–Trinajstić information content (AvgIpc) is 3.39. The lowest BCUT2D eigenvalue weighted by atomic mass is 9.55. The summed E-state index contributed by atoms with van der Waals surface area (Å²) in [6.07, 6.45) is 6.96. The zero-order valence-corrected chi connectivity index (χ0v) is 27.2. The number of benzene rings is 4. The van der Waals surface area contributed by atoms with Crippen molar-refractivity contribution in [3.05, 3.63) is 137 Å². The summed E-state index contributed by atoms with van der Waals surface area (Å²) < 4.78 is 13.5. The molecular weight excluding hydrogens is 552 g/mol. The fourth-order valence-corrected chi connectivity index (χ4v) is 8.96. The fourth-order valence-electron chi connectivity index (χ4n) is 8.96. The third-order valence-electron chi connectivity index (χ3n) is 11.3. The molecule has 0 N–H and O–H groups in total. The maximum atomic E-state index is 12.6. The molecule has 0 saturated heterocycles. The van der Waals surface area contributed by atoms with E-state index in [0.29, 0.717) is 23.5 Å². The van der Waals surface area contributed by atoms with Gasteiger partial charge in [-0.15, -0.1) is 0 Å². The van der Waals surface area contributed by atoms with Crippen LogP contribution in [-0.4, -0.2) is 12.1 Å². The minimum Gasteiger partial charge on any atom is -0.426 e. The van der Waals surface area contributed by atoms with Crippen LogP contribution < -0.4 is 4.74 Å². The van der Waals surface area contributed by atoms with Crippen molar-refractivity contribution in [3.63, 3.8) is 0 Å². The Morgan fingerprint density at radius 3 is 1.87 bits per heavy atom. The summed E-state index contributed by atoms with van der Waals surface area (Å²) in [5, 5.41) is 0. The predicted octanol–water partition coefficient (Wildman–Crippen LogP) is 9.87. The maximum Gasteiger partial charge on any atom is 0.316 e. The van der Waals surface area contributed by atoms with Crippen molar-refractivity contribution in [3.8, 4) is 5.75 Å². The Bertz CT molecular complexity index is 1540. The molecule has 0 aromatic heterocycles. The first-order valence-corrected chi connectivity index (χ1v) is 16.9. The van der Waals surface area contributed by atoms with Crippen LogP contribution in [0.1, 0.15) is 93.5 Å². The van der Waals surface area contributed by atoms with E-state index >= 15 is 0 Å². The molecule has 2 fully saturated rings. The van der Waals surface area contributed by atoms with Crippen molar-refractivity contribution in [1.29, 1.82) is 0 Å². The minimum atomic E-state index is -0.691. The number of esters is 1. The first kappa shape index (κ1) is 30.0. The van der Waals surface area contributed by atoms with Gasteiger partial charge < -0.3 is 9.47 Å². The monoisotopic (exact) mass is 598 g/mol. The van der Waals surface area contributed by atoms with Gasteiger partial charge in [-0.2, -0.15) is 0 Å². The molecule has 4 aromatic rings. The van der Waals surface area contributed by atoms with Gasteiger partial charge in [0.1, 0.15) is 11.4 Å². The third-order valence-corrected chi connectivity index (χ3v) is 11.3. The summed E-state index contributed by atoms with van der Waals surface area (Å²) >= 11 is 0. The molecule has 0 aliphatic heterocycles. The van der Waals surface area contributed by atoms with Gasteiger partial charge in [-0.25, -0.2) is 0 Å². The summed E-state index contributed by atoms with van der Waals surface area (Å²) in [6.45, 7) is 8.24. The largest absolute Gasteiger partial charge is 0.426 e. The molecule has 0 amide bonds. The molecule has 45 heavy (non-hydrogen) atoms. The second kappa shape index (κ2) is 11.6. The Balaban J connectivity index is 1.20. The molecule has 0 unspecified atom stereocenters. The van der Waals surface area contributed by atoms with Gasteiger partial charge in [0.25, 0.3) is 0 Å². The van der Waals surface area contributed by atoms with Crippen molar-refractivity contribution >= 4 is 5.97 Å². The van der Waals surface area contributed by atoms with E-state index in [9.17, 15) is 4.79 Å². The lowest BCUT2D eigenvalue weighted by Crippen LogP contribution is -2.47. The van der Waals surface area contributed by atoms with Crippen molar-refractivity contribution in [1.82, 2.24) is 0 Å². The molecule has 3 heteroatoms. The first-order chi connectivity index (χ1) is 21.7. The van der Waals surface area contributed by atoms with E-state index in [1.165, 1.54) is 47.1 Å². The van der Waals surface area contributed by atoms with Gasteiger partial charge >= 0.3 is 5.97 Å². The highest BCUT2D eigenvalue weighted by molar-refractivity contribution is 5.78. The van der Waals surface area contributed by atoms with Crippen molar-refractivity contribution in [2.24, 2.45) is 22.7 Å². The Labute approximate surface area is 269 Å². The van der Waals surface area contributed by atoms with Crippen LogP contribution in [0.3, 0.4) is 0 Å². The van der Waals surface area contributed by atoms with Crippen LogP contribution in [0.2, 0.25) is 0 Å². The fraction of sp³-hybridized carbons (Fsp3) is 0.405. The van der Waals surface area contributed by atoms with E-state index in [1.807, 2.05) is 26.8 Å². The van der Waals surface area contributed by atoms with Crippen LogP contribution in [0, 0.1) is 22.7 Å². The molecule has 2 saturated carbocycles. The van der Waals surface area contributed by atoms with E-state index < -0.39 is 11.0 Å². The normalized spacial score (nSPS) is 26.0. The highest BCUT2D eigenvalue weighted by Gasteiger charge is 2.57. The van der Waals surface area contributed by atoms with Gasteiger partial charge in [0.15, 0.2) is 0 Å². The van der Waals surface area contributed by atoms with Crippen LogP contribution in [0.5, 0.6) is 5.75 Å². The number of ether oxygens (including phenoxy) is 2. The van der Waals surface area contributed by atoms with Crippen LogP contribution >= 0.6 is 0 Å². The highest BCUT2D eigenvalue weighted by Crippen LogP contribution is 2.63. The van der Waals surface area contributed by atoms with Gasteiger partial charge in [-0.3, -0.25) is 4.79 Å². The zero-order chi connectivity index (χ0) is 31.2. The topological polar surface area (TPSA) is 35.5 Å². The SMILES string of the molecule is CC(C)(C)C(=O)Oc1ccc2c(c1)CC[C@@H]1[C@@H]2CC[C@]2(C)[C@@H](OC(c3ccccc3)(c3ccccc3)c3ccccc3)CC[C@@H]12. The molecule has 3 nitrogen and oxygen atoms in total. The lowest BCUT2D eigenvalue weighted by Gasteiger charge is -2.52. The zero-order valence-electron chi connectivity index (χ0n) is 27.2. The number of carbonyl (C=O) groups excluding carboxylic acids is 1. The number of rotatable bonds is 6. The number of fused-ring (bicyclic) bond motifs is 5. The van der Waals surface area contributed by atoms with Crippen molar-refractivity contribution < 1.29 is 14.3 Å². The summed E-state index contributed by atoms with van der Waals surface area (Å²) in [6, 6.07) is 38.9. The van der Waals surface area contributed by atoms with Gasteiger partial charge in [0.05, 0.1) is 11.5 Å². The van der Waals surface area contributed by atoms with Gasteiger partial charge in [-0.05, 0) is 122 Å². The number of hydrogen-bond acceptors (Lipinski definition) is 3. The molecule has 4 aromatic carbocycles. The van der Waals surface area contributed by atoms with Crippen LogP contribution in [-0.2, 0) is 21.6 Å². The van der Waals surface area contributed by atoms with E-state index in [4.69, 9.17) is 9.47 Å². The van der Waals surface area contributed by atoms with E-state index in [1.54, 1.807) is 0 Å². The van der Waals surface area contributed by atoms with Gasteiger partial charge in [-0.1, -0.05) is 104 Å². The molecule has 3 aliphatic rings. The Hall–Kier alpha value is -3.69. The summed E-state index contributed by atoms with van der Waals surface area (Å²) in [5.41, 5.74) is 5.26. The molecule has 0 radical (unpaired) electrons. The molecule has 232 valence electrons. The Kier molecular flexibility index (Phi) is 7.72. The second-order valence-electron chi connectivity index (χ2n) is 14.9. The first-order valence-electron chi connectivity index (χ1n) is 16.9. The standard InChI is InChI=1S/C42H46O3/c1-40(2,3)39(43)44-33-21-23-34-29(28-33)20-22-36-35(34)26-27-41(4)37(36)24-25-38(41)45-42(30-14-8-5-9-15-30,31-16-10-6-11-17-31)32-18-12-7-13-19-32/h5-19,21,23,28,35-38H,20,22,24-27H2,1-4H3/t35-,36-,37+,38+,41+/m1/s1. The molecular formula is C42H46O3. The second-order valence-corrected chi connectivity index (χ2v) is 14.9. The smallest absolute Gasteiger partial charge is 0.316 e. The molecule has 0 bridgehead atoms. The third kappa shape index (κ3) is 5.23. The van der Waals surface area contributed by atoms with E-state index in [-0.39, 0.29) is 17.5 Å². The van der Waals surface area contributed by atoms with Crippen molar-refractivity contribution in [2.45, 2.75) is 83.8 Å². The Morgan fingerprint density at radius 1 is 0.733 bits per heavy atom. The van der Waals surface area contributed by atoms with E-state index in [2.05, 4.69) is 110 Å². The molecule has 0 spiro atoms. The van der Waals surface area contributed by atoms with Crippen molar-refractivity contribution in [2.75, 3.05) is 0 Å². The highest BCUT2D eigenvalue weighted by atomic mass is 16.5. The molecule has 3 aliphatic carbocycles. The predicted molar refractivity (Wildman–Crippen MR) is 180 cm³/mol. The molecule has 0 heterocycles. The lowest BCUT2D eigenvalue weighted by molar-refractivity contribution is -0.143. The van der Waals surface area contributed by atoms with E-state index in [0.717, 1.165) is 19.3 Å². The summed E-state index contributed by atoms with van der Waals surface area (Å²) in [7, 11) is 0. The number of aryl methyl sites for hydroxylation is 1. The van der Waals surface area contributed by atoms with Crippen LogP contribution in [0.25, 0.3) is 0 Å². The number of carbonyl (C=O) groups is 1.